The van der Waals surface area contributed by atoms with E-state index >= 15 is 0 Å². The third-order valence-corrected chi connectivity index (χ3v) is 9.42. The summed E-state index contributed by atoms with van der Waals surface area (Å²) in [4.78, 5) is 13.5. The van der Waals surface area contributed by atoms with Gasteiger partial charge in [0.05, 0.1) is 12.2 Å². The Bertz CT molecular complexity index is 574. The van der Waals surface area contributed by atoms with Crippen molar-refractivity contribution in [3.63, 3.8) is 0 Å². The lowest BCUT2D eigenvalue weighted by atomic mass is 9.45. The van der Waals surface area contributed by atoms with E-state index in [1.807, 2.05) is 0 Å². The van der Waals surface area contributed by atoms with Gasteiger partial charge in [0.2, 0.25) is 0 Å². The van der Waals surface area contributed by atoms with E-state index in [2.05, 4.69) is 27.7 Å². The molecule has 4 aliphatic carbocycles. The van der Waals surface area contributed by atoms with E-state index in [-0.39, 0.29) is 5.41 Å². The Morgan fingerprint density at radius 2 is 1.57 bits per heavy atom. The van der Waals surface area contributed by atoms with Crippen LogP contribution in [0.25, 0.3) is 0 Å². The van der Waals surface area contributed by atoms with Gasteiger partial charge in [0, 0.05) is 25.6 Å². The zero-order valence-corrected chi connectivity index (χ0v) is 18.7. The van der Waals surface area contributed by atoms with Crippen LogP contribution >= 0.6 is 0 Å². The van der Waals surface area contributed by atoms with E-state index in [0.29, 0.717) is 47.1 Å². The summed E-state index contributed by atoms with van der Waals surface area (Å²) in [5, 5.41) is 0. The van der Waals surface area contributed by atoms with Crippen LogP contribution in [-0.2, 0) is 14.3 Å². The second-order valence-corrected chi connectivity index (χ2v) is 10.9. The highest BCUT2D eigenvalue weighted by Crippen LogP contribution is 2.65. The fourth-order valence-electron chi connectivity index (χ4n) is 7.81. The van der Waals surface area contributed by atoms with Crippen LogP contribution in [0.2, 0.25) is 0 Å². The predicted octanol–water partition coefficient (Wildman–Crippen LogP) is 5.80. The highest BCUT2D eigenvalue weighted by Gasteiger charge is 2.63. The summed E-state index contributed by atoms with van der Waals surface area (Å²) in [7, 11) is 0. The SMILES string of the molecule is CCCO[C@@H]1CC[C@@]2(C)[C@@H](CC(=O)[C@@H]3[C@H]2CC[C@]2(C)[C@@H](OCCC)CC[C@@H]32)C1. The first-order chi connectivity index (χ1) is 13.4. The average molecular weight is 391 g/mol. The number of rotatable bonds is 6. The molecule has 0 bridgehead atoms. The zero-order valence-electron chi connectivity index (χ0n) is 18.7. The van der Waals surface area contributed by atoms with Crippen molar-refractivity contribution < 1.29 is 14.3 Å². The van der Waals surface area contributed by atoms with Gasteiger partial charge in [0.25, 0.3) is 0 Å². The van der Waals surface area contributed by atoms with E-state index in [1.165, 1.54) is 32.1 Å². The molecule has 4 saturated carbocycles. The molecule has 0 aromatic rings. The van der Waals surface area contributed by atoms with Crippen LogP contribution < -0.4 is 0 Å². The third kappa shape index (κ3) is 3.29. The first-order valence-corrected chi connectivity index (χ1v) is 12.2. The van der Waals surface area contributed by atoms with Crippen LogP contribution in [0.4, 0.5) is 0 Å². The average Bonchev–Trinajstić information content (AvgIpc) is 3.01. The van der Waals surface area contributed by atoms with Crippen LogP contribution in [0.5, 0.6) is 0 Å². The fourth-order valence-corrected chi connectivity index (χ4v) is 7.81. The molecule has 0 saturated heterocycles. The molecule has 0 radical (unpaired) electrons. The summed E-state index contributed by atoms with van der Waals surface area (Å²) >= 11 is 0. The summed E-state index contributed by atoms with van der Waals surface area (Å²) in [5.41, 5.74) is 0.560. The van der Waals surface area contributed by atoms with Crippen LogP contribution in [-0.4, -0.2) is 31.2 Å². The van der Waals surface area contributed by atoms with Crippen LogP contribution in [0.1, 0.15) is 91.9 Å². The van der Waals surface area contributed by atoms with E-state index in [1.54, 1.807) is 0 Å². The molecule has 3 nitrogen and oxygen atoms in total. The molecule has 0 aliphatic heterocycles. The topological polar surface area (TPSA) is 35.5 Å². The minimum Gasteiger partial charge on any atom is -0.378 e. The van der Waals surface area contributed by atoms with Gasteiger partial charge in [-0.2, -0.15) is 0 Å². The van der Waals surface area contributed by atoms with Gasteiger partial charge in [-0.25, -0.2) is 0 Å². The van der Waals surface area contributed by atoms with Crippen LogP contribution in [0.15, 0.2) is 0 Å². The van der Waals surface area contributed by atoms with E-state index in [9.17, 15) is 4.79 Å². The van der Waals surface area contributed by atoms with Gasteiger partial charge in [-0.05, 0) is 86.4 Å². The molecule has 8 atom stereocenters. The van der Waals surface area contributed by atoms with Crippen molar-refractivity contribution in [1.29, 1.82) is 0 Å². The summed E-state index contributed by atoms with van der Waals surface area (Å²) in [6.45, 7) is 11.1. The molecule has 0 aromatic carbocycles. The van der Waals surface area contributed by atoms with E-state index < -0.39 is 0 Å². The van der Waals surface area contributed by atoms with Crippen LogP contribution in [0, 0.1) is 34.5 Å². The van der Waals surface area contributed by atoms with Crippen molar-refractivity contribution in [3.05, 3.63) is 0 Å². The molecular weight excluding hydrogens is 348 g/mol. The summed E-state index contributed by atoms with van der Waals surface area (Å²) < 4.78 is 12.4. The molecule has 4 fully saturated rings. The lowest BCUT2D eigenvalue weighted by Crippen LogP contribution is -2.57. The molecule has 0 unspecified atom stereocenters. The zero-order chi connectivity index (χ0) is 19.9. The summed E-state index contributed by atoms with van der Waals surface area (Å²) in [5.74, 6) is 2.55. The highest BCUT2D eigenvalue weighted by molar-refractivity contribution is 5.83. The molecule has 160 valence electrons. The van der Waals surface area contributed by atoms with Gasteiger partial charge in [-0.3, -0.25) is 4.79 Å². The lowest BCUT2D eigenvalue weighted by Gasteiger charge is -2.60. The lowest BCUT2D eigenvalue weighted by molar-refractivity contribution is -0.166. The monoisotopic (exact) mass is 390 g/mol. The van der Waals surface area contributed by atoms with Gasteiger partial charge < -0.3 is 9.47 Å². The molecule has 28 heavy (non-hydrogen) atoms. The Morgan fingerprint density at radius 1 is 0.893 bits per heavy atom. The highest BCUT2D eigenvalue weighted by atomic mass is 16.5. The Hall–Kier alpha value is -0.410. The smallest absolute Gasteiger partial charge is 0.136 e. The van der Waals surface area contributed by atoms with Gasteiger partial charge in [-0.15, -0.1) is 0 Å². The molecule has 3 heteroatoms. The molecule has 0 amide bonds. The van der Waals surface area contributed by atoms with Gasteiger partial charge in [-0.1, -0.05) is 27.7 Å². The second-order valence-electron chi connectivity index (χ2n) is 10.9. The summed E-state index contributed by atoms with van der Waals surface area (Å²) in [6, 6.07) is 0. The normalized spacial score (nSPS) is 48.1. The fraction of sp³-hybridized carbons (Fsp3) is 0.960. The maximum atomic E-state index is 13.5. The van der Waals surface area contributed by atoms with Crippen molar-refractivity contribution in [3.8, 4) is 0 Å². The number of Topliss-reactive ketones (excluding diaryl/α,β-unsaturated/α-hetero) is 1. The molecule has 0 aromatic heterocycles. The van der Waals surface area contributed by atoms with Crippen molar-refractivity contribution in [2.75, 3.05) is 13.2 Å². The molecule has 4 aliphatic rings. The number of ether oxygens (including phenoxy) is 2. The molecular formula is C25H42O3. The number of hydrogen-bond acceptors (Lipinski definition) is 3. The molecule has 0 spiro atoms. The number of fused-ring (bicyclic) bond motifs is 5. The predicted molar refractivity (Wildman–Crippen MR) is 112 cm³/mol. The third-order valence-electron chi connectivity index (χ3n) is 9.42. The van der Waals surface area contributed by atoms with Crippen molar-refractivity contribution in [1.82, 2.24) is 0 Å². The Balaban J connectivity index is 1.52. The largest absolute Gasteiger partial charge is 0.378 e. The number of ketones is 1. The minimum atomic E-state index is 0.219. The first kappa shape index (κ1) is 20.8. The summed E-state index contributed by atoms with van der Waals surface area (Å²) in [6.07, 6.45) is 12.1. The van der Waals surface area contributed by atoms with E-state index in [4.69, 9.17) is 9.47 Å². The second kappa shape index (κ2) is 8.02. The number of carbonyl (C=O) groups is 1. The molecule has 0 heterocycles. The Morgan fingerprint density at radius 3 is 2.32 bits per heavy atom. The standard InChI is InChI=1S/C25H42O3/c1-5-13-27-18-9-11-24(3)17(15-18)16-21(26)23-19-7-8-22(28-14-6-2)25(19,4)12-10-20(23)24/h17-20,22-23H,5-16H2,1-4H3/t17-,18-,19+,20-,22+,23+,24+,25+/m1/s1. The van der Waals surface area contributed by atoms with Crippen molar-refractivity contribution in [2.45, 2.75) is 104 Å². The Kier molecular flexibility index (Phi) is 5.97. The van der Waals surface area contributed by atoms with Crippen molar-refractivity contribution in [2.24, 2.45) is 34.5 Å². The van der Waals surface area contributed by atoms with Crippen LogP contribution in [0.3, 0.4) is 0 Å². The minimum absolute atomic E-state index is 0.219. The number of carbonyl (C=O) groups excluding carboxylic acids is 1. The maximum Gasteiger partial charge on any atom is 0.136 e. The Labute approximate surface area is 172 Å². The first-order valence-electron chi connectivity index (χ1n) is 12.2. The number of hydrogen-bond donors (Lipinski definition) is 0. The van der Waals surface area contributed by atoms with Gasteiger partial charge >= 0.3 is 0 Å². The van der Waals surface area contributed by atoms with E-state index in [0.717, 1.165) is 45.3 Å². The quantitative estimate of drug-likeness (QED) is 0.575. The molecule has 4 rings (SSSR count). The van der Waals surface area contributed by atoms with Crippen molar-refractivity contribution >= 4 is 5.78 Å². The molecule has 0 N–H and O–H groups in total. The maximum absolute atomic E-state index is 13.5. The van der Waals surface area contributed by atoms with Gasteiger partial charge in [0.1, 0.15) is 5.78 Å². The van der Waals surface area contributed by atoms with Gasteiger partial charge in [0.15, 0.2) is 0 Å².